The zero-order valence-electron chi connectivity index (χ0n) is 11.4. The van der Waals surface area contributed by atoms with E-state index in [4.69, 9.17) is 10.3 Å². The van der Waals surface area contributed by atoms with Crippen LogP contribution in [-0.4, -0.2) is 11.4 Å². The third-order valence-electron chi connectivity index (χ3n) is 2.67. The van der Waals surface area contributed by atoms with Gasteiger partial charge >= 0.3 is 0 Å². The SMILES string of the molecule is Nc1ccc(F)cc1F.O=Cc1cc(-c2ccccc2)on1. The maximum Gasteiger partial charge on any atom is 0.171 e. The lowest BCUT2D eigenvalue weighted by Gasteiger charge is -1.92. The van der Waals surface area contributed by atoms with Gasteiger partial charge in [-0.2, -0.15) is 0 Å². The van der Waals surface area contributed by atoms with Crippen LogP contribution in [0.1, 0.15) is 10.5 Å². The quantitative estimate of drug-likeness (QED) is 0.579. The lowest BCUT2D eigenvalue weighted by molar-refractivity contribution is 0.111. The molecule has 1 heterocycles. The summed E-state index contributed by atoms with van der Waals surface area (Å²) < 4.78 is 29.2. The summed E-state index contributed by atoms with van der Waals surface area (Å²) in [6, 6.07) is 14.2. The van der Waals surface area contributed by atoms with Gasteiger partial charge in [-0.15, -0.1) is 0 Å². The highest BCUT2D eigenvalue weighted by molar-refractivity contribution is 5.74. The Morgan fingerprint density at radius 3 is 2.32 bits per heavy atom. The second-order valence-corrected chi connectivity index (χ2v) is 4.27. The van der Waals surface area contributed by atoms with Crippen LogP contribution in [0.25, 0.3) is 11.3 Å². The van der Waals surface area contributed by atoms with E-state index < -0.39 is 11.6 Å². The van der Waals surface area contributed by atoms with Crippen molar-refractivity contribution in [1.82, 2.24) is 5.16 Å². The second-order valence-electron chi connectivity index (χ2n) is 4.27. The van der Waals surface area contributed by atoms with Gasteiger partial charge in [0.1, 0.15) is 17.3 Å². The fourth-order valence-electron chi connectivity index (χ4n) is 1.58. The summed E-state index contributed by atoms with van der Waals surface area (Å²) in [6.07, 6.45) is 0.663. The summed E-state index contributed by atoms with van der Waals surface area (Å²) in [7, 11) is 0. The van der Waals surface area contributed by atoms with Gasteiger partial charge in [0.05, 0.1) is 5.69 Å². The average Bonchev–Trinajstić information content (AvgIpc) is 3.02. The van der Waals surface area contributed by atoms with E-state index in [-0.39, 0.29) is 5.69 Å². The van der Waals surface area contributed by atoms with Crippen LogP contribution in [0, 0.1) is 11.6 Å². The first-order valence-electron chi connectivity index (χ1n) is 6.28. The Balaban J connectivity index is 0.000000172. The van der Waals surface area contributed by atoms with Crippen molar-refractivity contribution in [3.8, 4) is 11.3 Å². The lowest BCUT2D eigenvalue weighted by Crippen LogP contribution is -1.89. The molecule has 0 saturated carbocycles. The largest absolute Gasteiger partial charge is 0.396 e. The summed E-state index contributed by atoms with van der Waals surface area (Å²) >= 11 is 0. The molecule has 4 nitrogen and oxygen atoms in total. The summed E-state index contributed by atoms with van der Waals surface area (Å²) in [5, 5.41) is 3.57. The van der Waals surface area contributed by atoms with Crippen LogP contribution < -0.4 is 5.73 Å². The van der Waals surface area contributed by atoms with Crippen LogP contribution in [0.3, 0.4) is 0 Å². The number of hydrogen-bond acceptors (Lipinski definition) is 4. The predicted molar refractivity (Wildman–Crippen MR) is 78.1 cm³/mol. The maximum atomic E-state index is 12.2. The van der Waals surface area contributed by atoms with Gasteiger partial charge in [0.15, 0.2) is 12.0 Å². The maximum absolute atomic E-state index is 12.2. The Hall–Kier alpha value is -3.02. The van der Waals surface area contributed by atoms with Gasteiger partial charge in [-0.25, -0.2) is 8.78 Å². The van der Waals surface area contributed by atoms with E-state index in [1.54, 1.807) is 6.07 Å². The minimum Gasteiger partial charge on any atom is -0.396 e. The molecule has 0 amide bonds. The van der Waals surface area contributed by atoms with Crippen molar-refractivity contribution in [2.45, 2.75) is 0 Å². The van der Waals surface area contributed by atoms with Crippen molar-refractivity contribution < 1.29 is 18.1 Å². The number of anilines is 1. The topological polar surface area (TPSA) is 69.1 Å². The third-order valence-corrected chi connectivity index (χ3v) is 2.67. The second kappa shape index (κ2) is 7.12. The zero-order valence-corrected chi connectivity index (χ0v) is 11.4. The molecule has 0 spiro atoms. The van der Waals surface area contributed by atoms with Crippen molar-refractivity contribution in [1.29, 1.82) is 0 Å². The summed E-state index contributed by atoms with van der Waals surface area (Å²) in [5.41, 5.74) is 6.25. The fourth-order valence-corrected chi connectivity index (χ4v) is 1.58. The molecule has 0 saturated heterocycles. The van der Waals surface area contributed by atoms with Gasteiger partial charge in [-0.1, -0.05) is 35.5 Å². The number of rotatable bonds is 2. The smallest absolute Gasteiger partial charge is 0.171 e. The number of aromatic nitrogens is 1. The molecule has 0 radical (unpaired) electrons. The van der Waals surface area contributed by atoms with Crippen molar-refractivity contribution in [3.05, 3.63) is 71.9 Å². The van der Waals surface area contributed by atoms with Crippen LogP contribution in [0.5, 0.6) is 0 Å². The normalized spacial score (nSPS) is 9.73. The Morgan fingerprint density at radius 2 is 1.77 bits per heavy atom. The molecule has 0 aliphatic rings. The number of hydrogen-bond donors (Lipinski definition) is 1. The standard InChI is InChI=1S/C10H7NO2.C6H5F2N/c12-7-9-6-10(13-11-9)8-4-2-1-3-5-8;7-4-1-2-6(9)5(8)3-4/h1-7H;1-3H,9H2. The number of nitrogens with two attached hydrogens (primary N) is 1. The molecule has 2 aromatic carbocycles. The van der Waals surface area contributed by atoms with Crippen LogP contribution >= 0.6 is 0 Å². The van der Waals surface area contributed by atoms with Crippen molar-refractivity contribution in [2.24, 2.45) is 0 Å². The monoisotopic (exact) mass is 302 g/mol. The predicted octanol–water partition coefficient (Wildman–Crippen LogP) is 3.70. The Labute approximate surface area is 125 Å². The highest BCUT2D eigenvalue weighted by atomic mass is 19.1. The van der Waals surface area contributed by atoms with Crippen molar-refractivity contribution >= 4 is 12.0 Å². The third kappa shape index (κ3) is 3.99. The first kappa shape index (κ1) is 15.4. The van der Waals surface area contributed by atoms with E-state index in [2.05, 4.69) is 5.16 Å². The Kier molecular flexibility index (Phi) is 4.98. The van der Waals surface area contributed by atoms with Crippen molar-refractivity contribution in [2.75, 3.05) is 5.73 Å². The average molecular weight is 302 g/mol. The molecule has 6 heteroatoms. The van der Waals surface area contributed by atoms with E-state index in [0.717, 1.165) is 17.7 Å². The van der Waals surface area contributed by atoms with Gasteiger partial charge in [-0.3, -0.25) is 4.79 Å². The van der Waals surface area contributed by atoms with E-state index >= 15 is 0 Å². The number of carbonyl (C=O) groups is 1. The number of halogens is 2. The summed E-state index contributed by atoms with van der Waals surface area (Å²) in [6.45, 7) is 0. The molecule has 112 valence electrons. The van der Waals surface area contributed by atoms with Gasteiger partial charge in [0.25, 0.3) is 0 Å². The molecule has 2 N–H and O–H groups in total. The molecule has 0 bridgehead atoms. The molecule has 22 heavy (non-hydrogen) atoms. The molecule has 0 atom stereocenters. The summed E-state index contributed by atoms with van der Waals surface area (Å²) in [4.78, 5) is 10.3. The first-order valence-corrected chi connectivity index (χ1v) is 6.28. The van der Waals surface area contributed by atoms with Crippen LogP contribution in [0.2, 0.25) is 0 Å². The molecule has 3 aromatic rings. The molecular formula is C16H12F2N2O2. The van der Waals surface area contributed by atoms with E-state index in [1.165, 1.54) is 6.07 Å². The number of carbonyl (C=O) groups excluding carboxylic acids is 1. The van der Waals surface area contributed by atoms with Crippen LogP contribution in [0.15, 0.2) is 59.1 Å². The highest BCUT2D eigenvalue weighted by Gasteiger charge is 2.04. The number of benzene rings is 2. The van der Waals surface area contributed by atoms with Gasteiger partial charge < -0.3 is 10.3 Å². The fraction of sp³-hybridized carbons (Fsp3) is 0. The molecule has 0 unspecified atom stereocenters. The first-order chi connectivity index (χ1) is 10.6. The van der Waals surface area contributed by atoms with E-state index in [1.807, 2.05) is 30.3 Å². The number of aldehydes is 1. The number of nitrogens with zero attached hydrogens (tertiary/aromatic N) is 1. The van der Waals surface area contributed by atoms with Gasteiger partial charge in [0, 0.05) is 17.7 Å². The summed E-state index contributed by atoms with van der Waals surface area (Å²) in [5.74, 6) is -0.709. The highest BCUT2D eigenvalue weighted by Crippen LogP contribution is 2.18. The van der Waals surface area contributed by atoms with E-state index in [0.29, 0.717) is 17.7 Å². The molecule has 0 aliphatic heterocycles. The molecule has 3 rings (SSSR count). The molecule has 0 aliphatic carbocycles. The van der Waals surface area contributed by atoms with Crippen LogP contribution in [-0.2, 0) is 0 Å². The van der Waals surface area contributed by atoms with Gasteiger partial charge in [0.2, 0.25) is 0 Å². The van der Waals surface area contributed by atoms with Crippen LogP contribution in [0.4, 0.5) is 14.5 Å². The Bertz CT molecular complexity index is 758. The zero-order chi connectivity index (χ0) is 15.9. The lowest BCUT2D eigenvalue weighted by atomic mass is 10.2. The van der Waals surface area contributed by atoms with Gasteiger partial charge in [-0.05, 0) is 12.1 Å². The molecular weight excluding hydrogens is 290 g/mol. The minimum atomic E-state index is -0.713. The van der Waals surface area contributed by atoms with Crippen molar-refractivity contribution in [3.63, 3.8) is 0 Å². The number of nitrogen functional groups attached to an aromatic ring is 1. The molecule has 0 fully saturated rings. The minimum absolute atomic E-state index is 0.0311. The molecule has 1 aromatic heterocycles. The van der Waals surface area contributed by atoms with E-state index in [9.17, 15) is 13.6 Å². The Morgan fingerprint density at radius 1 is 1.05 bits per heavy atom.